The summed E-state index contributed by atoms with van der Waals surface area (Å²) in [5, 5.41) is 4.25. The second kappa shape index (κ2) is 3.83. The van der Waals surface area contributed by atoms with E-state index < -0.39 is 16.5 Å². The van der Waals surface area contributed by atoms with Crippen molar-refractivity contribution >= 4 is 33.6 Å². The van der Waals surface area contributed by atoms with E-state index in [0.717, 1.165) is 11.3 Å². The third-order valence-electron chi connectivity index (χ3n) is 4.23. The molecular weight excluding hydrogens is 270 g/mol. The lowest BCUT2D eigenvalue weighted by Crippen LogP contribution is -2.55. The van der Waals surface area contributed by atoms with E-state index in [2.05, 4.69) is 40.5 Å². The third-order valence-corrected chi connectivity index (χ3v) is 14.2. The van der Waals surface area contributed by atoms with E-state index in [1.807, 2.05) is 12.1 Å². The summed E-state index contributed by atoms with van der Waals surface area (Å²) in [6.07, 6.45) is 1.63. The van der Waals surface area contributed by atoms with Gasteiger partial charge in [0.05, 0.1) is 0 Å². The summed E-state index contributed by atoms with van der Waals surface area (Å²) in [4.78, 5) is 4.60. The fourth-order valence-corrected chi connectivity index (χ4v) is 17.4. The van der Waals surface area contributed by atoms with Crippen LogP contribution in [0.5, 0.6) is 0 Å². The van der Waals surface area contributed by atoms with Crippen molar-refractivity contribution in [1.82, 2.24) is 14.6 Å². The number of hydrogen-bond donors (Lipinski definition) is 1. The first-order valence-electron chi connectivity index (χ1n) is 6.71. The van der Waals surface area contributed by atoms with E-state index in [4.69, 9.17) is 5.73 Å². The summed E-state index contributed by atoms with van der Waals surface area (Å²) in [6.45, 7) is 9.78. The van der Waals surface area contributed by atoms with Gasteiger partial charge in [-0.25, -0.2) is 9.50 Å². The molecule has 1 saturated heterocycles. The Morgan fingerprint density at radius 2 is 1.74 bits per heavy atom. The van der Waals surface area contributed by atoms with E-state index in [1.165, 1.54) is 12.1 Å². The topological polar surface area (TPSA) is 59.5 Å². The van der Waals surface area contributed by atoms with Gasteiger partial charge in [-0.05, 0) is 24.2 Å². The molecule has 7 heteroatoms. The predicted molar refractivity (Wildman–Crippen MR) is 84.5 cm³/mol. The van der Waals surface area contributed by atoms with Gasteiger partial charge in [0, 0.05) is 0 Å². The maximum Gasteiger partial charge on any atom is 0.142 e. The van der Waals surface area contributed by atoms with Gasteiger partial charge in [0.1, 0.15) is 40.0 Å². The maximum absolute atomic E-state index is 5.96. The summed E-state index contributed by atoms with van der Waals surface area (Å²) in [5.74, 6) is 1.77. The summed E-state index contributed by atoms with van der Waals surface area (Å²) >= 11 is 0. The Kier molecular flexibility index (Phi) is 2.55. The molecule has 3 heterocycles. The molecule has 2 aromatic rings. The summed E-state index contributed by atoms with van der Waals surface area (Å²) in [7, 11) is -2.81. The molecule has 0 unspecified atom stereocenters. The highest BCUT2D eigenvalue weighted by molar-refractivity contribution is 7.04. The van der Waals surface area contributed by atoms with Crippen LogP contribution in [0, 0.1) is 0 Å². The van der Waals surface area contributed by atoms with Crippen molar-refractivity contribution in [3.8, 4) is 0 Å². The monoisotopic (exact) mass is 291 g/mol. The van der Waals surface area contributed by atoms with Crippen LogP contribution in [0.1, 0.15) is 0 Å². The van der Waals surface area contributed by atoms with E-state index in [0.29, 0.717) is 5.82 Å². The highest BCUT2D eigenvalue weighted by atomic mass is 28.4. The molecule has 3 rings (SSSR count). The largest absolute Gasteiger partial charge is 0.407 e. The molecule has 0 saturated carbocycles. The zero-order valence-corrected chi connectivity index (χ0v) is 14.0. The molecule has 1 aliphatic heterocycles. The number of anilines is 2. The zero-order valence-electron chi connectivity index (χ0n) is 12.0. The Morgan fingerprint density at radius 3 is 2.37 bits per heavy atom. The first-order valence-corrected chi connectivity index (χ1v) is 13.0. The van der Waals surface area contributed by atoms with Crippen LogP contribution in [0.25, 0.3) is 5.52 Å². The van der Waals surface area contributed by atoms with Gasteiger partial charge >= 0.3 is 0 Å². The van der Waals surface area contributed by atoms with Gasteiger partial charge in [-0.15, -0.1) is 0 Å². The summed E-state index contributed by atoms with van der Waals surface area (Å²) < 4.78 is 4.49. The van der Waals surface area contributed by atoms with Crippen LogP contribution in [0.2, 0.25) is 38.3 Å². The van der Waals surface area contributed by atoms with Gasteiger partial charge in [-0.3, -0.25) is 0 Å². The van der Waals surface area contributed by atoms with E-state index >= 15 is 0 Å². The van der Waals surface area contributed by atoms with Gasteiger partial charge in [0.15, 0.2) is 0 Å². The van der Waals surface area contributed by atoms with Crippen LogP contribution >= 0.6 is 0 Å². The Labute approximate surface area is 115 Å². The minimum atomic E-state index is -1.40. The smallest absolute Gasteiger partial charge is 0.142 e. The molecule has 0 atom stereocenters. The lowest BCUT2D eigenvalue weighted by molar-refractivity contribution is 0.911. The third kappa shape index (κ3) is 1.79. The average Bonchev–Trinajstić information content (AvgIpc) is 2.79. The van der Waals surface area contributed by atoms with Crippen LogP contribution in [-0.4, -0.2) is 31.1 Å². The molecule has 1 aliphatic rings. The maximum atomic E-state index is 5.96. The van der Waals surface area contributed by atoms with Crippen molar-refractivity contribution in [1.29, 1.82) is 0 Å². The standard InChI is InChI=1S/C12H21N5Si2/c1-18(2)7-8-19(3,4)17(18)12-10-5-6-11(13)16(10)15-9-14-12/h5-6,9H,7-8,13H2,1-4H3. The Bertz CT molecular complexity index is 618. The molecule has 0 spiro atoms. The van der Waals surface area contributed by atoms with E-state index in [1.54, 1.807) is 10.8 Å². The minimum absolute atomic E-state index is 0.678. The normalized spacial score (nSPS) is 21.2. The zero-order chi connectivity index (χ0) is 13.8. The molecule has 102 valence electrons. The number of rotatable bonds is 1. The van der Waals surface area contributed by atoms with E-state index in [-0.39, 0.29) is 0 Å². The minimum Gasteiger partial charge on any atom is -0.407 e. The SMILES string of the molecule is C[Si]1(C)CC[Si](C)(C)N1c1ncnn2c(N)ccc12. The highest BCUT2D eigenvalue weighted by Crippen LogP contribution is 2.41. The Morgan fingerprint density at radius 1 is 1.11 bits per heavy atom. The molecule has 5 nitrogen and oxygen atoms in total. The number of nitrogen functional groups attached to an aromatic ring is 1. The molecule has 0 bridgehead atoms. The van der Waals surface area contributed by atoms with Crippen molar-refractivity contribution in [2.45, 2.75) is 38.3 Å². The van der Waals surface area contributed by atoms with Gasteiger partial charge in [0.25, 0.3) is 0 Å². The van der Waals surface area contributed by atoms with Crippen molar-refractivity contribution in [3.05, 3.63) is 18.5 Å². The van der Waals surface area contributed by atoms with Crippen LogP contribution in [0.4, 0.5) is 11.6 Å². The van der Waals surface area contributed by atoms with Gasteiger partial charge in [-0.1, -0.05) is 26.2 Å². The molecule has 0 radical (unpaired) electrons. The molecule has 2 aromatic heterocycles. The van der Waals surface area contributed by atoms with Crippen LogP contribution in [0.3, 0.4) is 0 Å². The average molecular weight is 292 g/mol. The van der Waals surface area contributed by atoms with Crippen LogP contribution < -0.4 is 9.96 Å². The quantitative estimate of drug-likeness (QED) is 0.820. The lowest BCUT2D eigenvalue weighted by Gasteiger charge is -2.40. The molecule has 0 amide bonds. The number of nitrogens with zero attached hydrogens (tertiary/aromatic N) is 4. The van der Waals surface area contributed by atoms with Crippen molar-refractivity contribution < 1.29 is 0 Å². The summed E-state index contributed by atoms with van der Waals surface area (Å²) in [5.41, 5.74) is 7.00. The van der Waals surface area contributed by atoms with Gasteiger partial charge in [0.2, 0.25) is 0 Å². The van der Waals surface area contributed by atoms with Crippen molar-refractivity contribution in [2.75, 3.05) is 9.96 Å². The number of nitrogens with two attached hydrogens (primary N) is 1. The lowest BCUT2D eigenvalue weighted by atomic mass is 10.5. The van der Waals surface area contributed by atoms with Gasteiger partial charge in [-0.2, -0.15) is 5.10 Å². The fraction of sp³-hybridized carbons (Fsp3) is 0.500. The molecule has 0 aliphatic carbocycles. The van der Waals surface area contributed by atoms with E-state index in [9.17, 15) is 0 Å². The fourth-order valence-electron chi connectivity index (χ4n) is 3.34. The molecule has 1 fully saturated rings. The molecular formula is C12H21N5Si2. The second-order valence-electron chi connectivity index (χ2n) is 6.60. The first-order chi connectivity index (χ1) is 8.83. The van der Waals surface area contributed by atoms with Crippen molar-refractivity contribution in [2.24, 2.45) is 0 Å². The summed E-state index contributed by atoms with van der Waals surface area (Å²) in [6, 6.07) is 6.67. The highest BCUT2D eigenvalue weighted by Gasteiger charge is 2.48. The van der Waals surface area contributed by atoms with Crippen LogP contribution in [-0.2, 0) is 0 Å². The number of aromatic nitrogens is 3. The second-order valence-corrected chi connectivity index (χ2v) is 16.2. The van der Waals surface area contributed by atoms with Crippen molar-refractivity contribution in [3.63, 3.8) is 0 Å². The first kappa shape index (κ1) is 12.7. The van der Waals surface area contributed by atoms with Gasteiger partial charge < -0.3 is 9.96 Å². The predicted octanol–water partition coefficient (Wildman–Crippen LogP) is 2.54. The molecule has 2 N–H and O–H groups in total. The Hall–Kier alpha value is -1.35. The molecule has 19 heavy (non-hydrogen) atoms. The Balaban J connectivity index is 2.24. The number of fused-ring (bicyclic) bond motifs is 1. The number of hydrogen-bond acceptors (Lipinski definition) is 4. The van der Waals surface area contributed by atoms with Crippen LogP contribution in [0.15, 0.2) is 18.5 Å². The molecule has 0 aromatic carbocycles.